The second-order valence-corrected chi connectivity index (χ2v) is 5.81. The largest absolute Gasteiger partial charge is 0.177 e. The van der Waals surface area contributed by atoms with Crippen molar-refractivity contribution in [3.63, 3.8) is 0 Å². The van der Waals surface area contributed by atoms with Gasteiger partial charge in [-0.15, -0.1) is 10.2 Å². The van der Waals surface area contributed by atoms with E-state index in [0.29, 0.717) is 4.75 Å². The van der Waals surface area contributed by atoms with Gasteiger partial charge >= 0.3 is 0 Å². The van der Waals surface area contributed by atoms with Crippen molar-refractivity contribution in [2.75, 3.05) is 5.75 Å². The molecule has 0 saturated carbocycles. The topological polar surface area (TPSA) is 54.5 Å². The van der Waals surface area contributed by atoms with Crippen molar-refractivity contribution in [3.05, 3.63) is 5.82 Å². The second kappa shape index (κ2) is 4.60. The number of nitrogens with one attached hydrogen (secondary N) is 1. The molecule has 1 heterocycles. The standard InChI is InChI=1S/C8H16N4S/c1-8(2,3)13-6-4-5-7-9-11-12-10-7/h4-6H2,1-3H3,(H,9,10,11,12). The van der Waals surface area contributed by atoms with Gasteiger partial charge in [0.2, 0.25) is 0 Å². The van der Waals surface area contributed by atoms with Gasteiger partial charge in [-0.25, -0.2) is 0 Å². The Kier molecular flexibility index (Phi) is 3.71. The second-order valence-electron chi connectivity index (χ2n) is 3.89. The third-order valence-electron chi connectivity index (χ3n) is 1.47. The molecule has 0 radical (unpaired) electrons. The lowest BCUT2D eigenvalue weighted by Crippen LogP contribution is -2.08. The van der Waals surface area contributed by atoms with Crippen LogP contribution in [0.4, 0.5) is 0 Å². The van der Waals surface area contributed by atoms with Crippen molar-refractivity contribution in [1.29, 1.82) is 0 Å². The Morgan fingerprint density at radius 2 is 2.15 bits per heavy atom. The SMILES string of the molecule is CC(C)(C)SCCCc1nn[nH]n1. The van der Waals surface area contributed by atoms with Gasteiger partial charge in [-0.1, -0.05) is 26.0 Å². The molecule has 1 aromatic rings. The molecule has 0 aliphatic carbocycles. The quantitative estimate of drug-likeness (QED) is 0.751. The Hall–Kier alpha value is -0.580. The van der Waals surface area contributed by atoms with Crippen molar-refractivity contribution in [1.82, 2.24) is 20.6 Å². The molecule has 13 heavy (non-hydrogen) atoms. The Labute approximate surface area is 82.9 Å². The first-order chi connectivity index (χ1) is 6.08. The zero-order chi connectivity index (χ0) is 9.73. The van der Waals surface area contributed by atoms with E-state index < -0.39 is 0 Å². The molecular weight excluding hydrogens is 184 g/mol. The summed E-state index contributed by atoms with van der Waals surface area (Å²) in [6, 6.07) is 0. The number of aromatic amines is 1. The van der Waals surface area contributed by atoms with Crippen molar-refractivity contribution in [3.8, 4) is 0 Å². The van der Waals surface area contributed by atoms with Crippen LogP contribution < -0.4 is 0 Å². The molecule has 0 unspecified atom stereocenters. The van der Waals surface area contributed by atoms with E-state index >= 15 is 0 Å². The highest BCUT2D eigenvalue weighted by molar-refractivity contribution is 8.00. The predicted molar refractivity (Wildman–Crippen MR) is 54.7 cm³/mol. The average molecular weight is 200 g/mol. The van der Waals surface area contributed by atoms with Crippen molar-refractivity contribution >= 4 is 11.8 Å². The molecule has 0 amide bonds. The molecule has 1 N–H and O–H groups in total. The summed E-state index contributed by atoms with van der Waals surface area (Å²) in [6.07, 6.45) is 2.03. The summed E-state index contributed by atoms with van der Waals surface area (Å²) in [7, 11) is 0. The van der Waals surface area contributed by atoms with E-state index in [1.54, 1.807) is 0 Å². The first-order valence-corrected chi connectivity index (χ1v) is 5.43. The third-order valence-corrected chi connectivity index (χ3v) is 2.83. The van der Waals surface area contributed by atoms with Crippen molar-refractivity contribution in [2.24, 2.45) is 0 Å². The number of tetrazole rings is 1. The minimum Gasteiger partial charge on any atom is -0.177 e. The number of H-pyrrole nitrogens is 1. The van der Waals surface area contributed by atoms with Gasteiger partial charge in [0.15, 0.2) is 5.82 Å². The molecular formula is C8H16N4S. The van der Waals surface area contributed by atoms with Gasteiger partial charge in [0.1, 0.15) is 0 Å². The third kappa shape index (κ3) is 4.87. The molecule has 0 aliphatic heterocycles. The first-order valence-electron chi connectivity index (χ1n) is 4.44. The number of aromatic nitrogens is 4. The van der Waals surface area contributed by atoms with Crippen LogP contribution >= 0.6 is 11.8 Å². The molecule has 74 valence electrons. The summed E-state index contributed by atoms with van der Waals surface area (Å²) in [5.74, 6) is 1.97. The summed E-state index contributed by atoms with van der Waals surface area (Å²) in [4.78, 5) is 0. The first kappa shape index (κ1) is 10.5. The minimum absolute atomic E-state index is 0.358. The molecule has 1 aromatic heterocycles. The lowest BCUT2D eigenvalue weighted by molar-refractivity contribution is 0.790. The van der Waals surface area contributed by atoms with Crippen LogP contribution in [0.25, 0.3) is 0 Å². The van der Waals surface area contributed by atoms with Crippen LogP contribution in [0.1, 0.15) is 33.0 Å². The summed E-state index contributed by atoms with van der Waals surface area (Å²) < 4.78 is 0.358. The monoisotopic (exact) mass is 200 g/mol. The molecule has 0 aliphatic rings. The van der Waals surface area contributed by atoms with Gasteiger partial charge in [0, 0.05) is 11.2 Å². The Morgan fingerprint density at radius 3 is 2.69 bits per heavy atom. The zero-order valence-electron chi connectivity index (χ0n) is 8.37. The number of hydrogen-bond acceptors (Lipinski definition) is 4. The maximum atomic E-state index is 3.89. The normalized spacial score (nSPS) is 11.9. The van der Waals surface area contributed by atoms with Gasteiger partial charge in [-0.3, -0.25) is 0 Å². The van der Waals surface area contributed by atoms with Crippen molar-refractivity contribution in [2.45, 2.75) is 38.4 Å². The van der Waals surface area contributed by atoms with Gasteiger partial charge in [-0.2, -0.15) is 17.0 Å². The van der Waals surface area contributed by atoms with E-state index in [1.807, 2.05) is 11.8 Å². The lowest BCUT2D eigenvalue weighted by atomic mass is 10.3. The molecule has 0 atom stereocenters. The lowest BCUT2D eigenvalue weighted by Gasteiger charge is -2.16. The van der Waals surface area contributed by atoms with E-state index in [2.05, 4.69) is 41.4 Å². The van der Waals surface area contributed by atoms with Crippen LogP contribution in [0, 0.1) is 0 Å². The molecule has 4 nitrogen and oxygen atoms in total. The highest BCUT2D eigenvalue weighted by Crippen LogP contribution is 2.23. The molecule has 0 aromatic carbocycles. The fraction of sp³-hybridized carbons (Fsp3) is 0.875. The highest BCUT2D eigenvalue weighted by atomic mass is 32.2. The number of rotatable bonds is 4. The zero-order valence-corrected chi connectivity index (χ0v) is 9.19. The number of thioether (sulfide) groups is 1. The van der Waals surface area contributed by atoms with E-state index in [1.165, 1.54) is 0 Å². The van der Waals surface area contributed by atoms with E-state index in [4.69, 9.17) is 0 Å². The van der Waals surface area contributed by atoms with Crippen LogP contribution in [0.5, 0.6) is 0 Å². The molecule has 0 saturated heterocycles. The van der Waals surface area contributed by atoms with E-state index in [-0.39, 0.29) is 0 Å². The Morgan fingerprint density at radius 1 is 1.38 bits per heavy atom. The molecule has 1 rings (SSSR count). The summed E-state index contributed by atoms with van der Waals surface area (Å²) >= 11 is 1.97. The van der Waals surface area contributed by atoms with Gasteiger partial charge in [0.05, 0.1) is 0 Å². The Bertz CT molecular complexity index is 227. The van der Waals surface area contributed by atoms with Crippen LogP contribution in [0.3, 0.4) is 0 Å². The number of aryl methyl sites for hydroxylation is 1. The van der Waals surface area contributed by atoms with Crippen LogP contribution in [-0.4, -0.2) is 31.1 Å². The maximum Gasteiger partial charge on any atom is 0.174 e. The molecule has 0 spiro atoms. The summed E-state index contributed by atoms with van der Waals surface area (Å²) in [6.45, 7) is 6.68. The Balaban J connectivity index is 2.09. The fourth-order valence-corrected chi connectivity index (χ4v) is 1.80. The highest BCUT2D eigenvalue weighted by Gasteiger charge is 2.09. The van der Waals surface area contributed by atoms with Crippen LogP contribution in [0.15, 0.2) is 0 Å². The van der Waals surface area contributed by atoms with Crippen LogP contribution in [-0.2, 0) is 6.42 Å². The van der Waals surface area contributed by atoms with Gasteiger partial charge in [0.25, 0.3) is 0 Å². The van der Waals surface area contributed by atoms with Gasteiger partial charge < -0.3 is 0 Å². The average Bonchev–Trinajstić information content (AvgIpc) is 2.48. The fourth-order valence-electron chi connectivity index (χ4n) is 0.897. The van der Waals surface area contributed by atoms with Crippen LogP contribution in [0.2, 0.25) is 0 Å². The van der Waals surface area contributed by atoms with Crippen molar-refractivity contribution < 1.29 is 0 Å². The molecule has 5 heteroatoms. The smallest absolute Gasteiger partial charge is 0.174 e. The summed E-state index contributed by atoms with van der Waals surface area (Å²) in [5, 5.41) is 13.7. The minimum atomic E-state index is 0.358. The van der Waals surface area contributed by atoms with E-state index in [9.17, 15) is 0 Å². The summed E-state index contributed by atoms with van der Waals surface area (Å²) in [5.41, 5.74) is 0. The number of nitrogens with zero attached hydrogens (tertiary/aromatic N) is 3. The predicted octanol–water partition coefficient (Wildman–Crippen LogP) is 1.66. The maximum absolute atomic E-state index is 3.89. The van der Waals surface area contributed by atoms with E-state index in [0.717, 1.165) is 24.4 Å². The molecule has 0 fully saturated rings. The number of hydrogen-bond donors (Lipinski definition) is 1. The van der Waals surface area contributed by atoms with Gasteiger partial charge in [-0.05, 0) is 12.2 Å². The molecule has 0 bridgehead atoms.